The van der Waals surface area contributed by atoms with Crippen LogP contribution in [-0.4, -0.2) is 72.6 Å². The second-order valence-electron chi connectivity index (χ2n) is 6.32. The first-order chi connectivity index (χ1) is 11.2. The van der Waals surface area contributed by atoms with Crippen LogP contribution >= 0.6 is 0 Å². The lowest BCUT2D eigenvalue weighted by Crippen LogP contribution is -2.45. The minimum absolute atomic E-state index is 0.0331. The van der Waals surface area contributed by atoms with E-state index in [4.69, 9.17) is 14.6 Å². The number of aliphatic carboxylic acids is 1. The molecule has 3 rings (SSSR count). The van der Waals surface area contributed by atoms with E-state index in [1.807, 2.05) is 23.1 Å². The van der Waals surface area contributed by atoms with E-state index in [1.165, 1.54) is 0 Å². The van der Waals surface area contributed by atoms with E-state index in [-0.39, 0.29) is 12.1 Å². The van der Waals surface area contributed by atoms with Crippen molar-refractivity contribution in [3.8, 4) is 0 Å². The van der Waals surface area contributed by atoms with Gasteiger partial charge in [0.2, 0.25) is 0 Å². The van der Waals surface area contributed by atoms with Gasteiger partial charge in [-0.15, -0.1) is 0 Å². The number of nitrogens with zero attached hydrogens (tertiary/aromatic N) is 2. The molecule has 2 aliphatic heterocycles. The Balaban J connectivity index is 1.55. The third-order valence-corrected chi connectivity index (χ3v) is 4.31. The number of nitrogens with one attached hydrogen (secondary N) is 1. The van der Waals surface area contributed by atoms with Crippen LogP contribution in [0.5, 0.6) is 0 Å². The van der Waals surface area contributed by atoms with Crippen LogP contribution in [0.1, 0.15) is 6.42 Å². The van der Waals surface area contributed by atoms with Gasteiger partial charge in [0, 0.05) is 31.7 Å². The lowest BCUT2D eigenvalue weighted by molar-refractivity contribution is -0.139. The Kier molecular flexibility index (Phi) is 5.09. The fourth-order valence-electron chi connectivity index (χ4n) is 3.31. The fraction of sp³-hybridized carbons (Fsp3) is 0.625. The zero-order valence-electron chi connectivity index (χ0n) is 13.1. The zero-order chi connectivity index (χ0) is 16.1. The van der Waals surface area contributed by atoms with Crippen LogP contribution in [0.3, 0.4) is 0 Å². The molecular weight excluding hydrogens is 298 g/mol. The number of rotatable bonds is 5. The van der Waals surface area contributed by atoms with Gasteiger partial charge in [-0.2, -0.15) is 0 Å². The monoisotopic (exact) mass is 321 g/mol. The molecule has 23 heavy (non-hydrogen) atoms. The Labute approximate surface area is 135 Å². The molecular formula is C16H23N3O4. The van der Waals surface area contributed by atoms with Crippen molar-refractivity contribution in [3.63, 3.8) is 0 Å². The number of carboxylic acid groups (broad SMARTS) is 1. The lowest BCUT2D eigenvalue weighted by Gasteiger charge is -2.30. The molecule has 0 aliphatic carbocycles. The Morgan fingerprint density at radius 2 is 2.43 bits per heavy atom. The molecule has 1 spiro atoms. The minimum Gasteiger partial charge on any atom is -0.480 e. The maximum Gasteiger partial charge on any atom is 0.317 e. The van der Waals surface area contributed by atoms with E-state index in [2.05, 4.69) is 10.3 Å². The van der Waals surface area contributed by atoms with Crippen molar-refractivity contribution in [3.05, 3.63) is 24.4 Å². The minimum atomic E-state index is -0.812. The maximum atomic E-state index is 11.0. The molecule has 2 aliphatic rings. The van der Waals surface area contributed by atoms with Gasteiger partial charge in [0.15, 0.2) is 0 Å². The normalized spacial score (nSPS) is 28.6. The zero-order valence-corrected chi connectivity index (χ0v) is 13.1. The van der Waals surface area contributed by atoms with Crippen LogP contribution in [0.25, 0.3) is 0 Å². The maximum absolute atomic E-state index is 11.0. The highest BCUT2D eigenvalue weighted by Crippen LogP contribution is 2.32. The molecule has 0 radical (unpaired) electrons. The largest absolute Gasteiger partial charge is 0.480 e. The summed E-state index contributed by atoms with van der Waals surface area (Å²) in [5.41, 5.74) is -0.386. The number of hydrogen-bond donors (Lipinski definition) is 2. The smallest absolute Gasteiger partial charge is 0.317 e. The molecule has 7 nitrogen and oxygen atoms in total. The van der Waals surface area contributed by atoms with Gasteiger partial charge >= 0.3 is 5.97 Å². The van der Waals surface area contributed by atoms with E-state index in [9.17, 15) is 4.79 Å². The van der Waals surface area contributed by atoms with Gasteiger partial charge in [0.25, 0.3) is 0 Å². The first-order valence-corrected chi connectivity index (χ1v) is 7.96. The molecule has 0 unspecified atom stereocenters. The number of anilines is 1. The Hall–Kier alpha value is -1.70. The first-order valence-electron chi connectivity index (χ1n) is 7.96. The van der Waals surface area contributed by atoms with E-state index < -0.39 is 5.97 Å². The molecule has 1 aromatic heterocycles. The molecule has 2 fully saturated rings. The molecule has 2 N–H and O–H groups in total. The molecule has 7 heteroatoms. The van der Waals surface area contributed by atoms with Crippen LogP contribution in [0.4, 0.5) is 5.82 Å². The van der Waals surface area contributed by atoms with Gasteiger partial charge in [-0.05, 0) is 18.6 Å². The van der Waals surface area contributed by atoms with Crippen molar-refractivity contribution in [1.29, 1.82) is 0 Å². The third kappa shape index (κ3) is 4.40. The van der Waals surface area contributed by atoms with Crippen molar-refractivity contribution >= 4 is 11.8 Å². The van der Waals surface area contributed by atoms with E-state index >= 15 is 0 Å². The molecule has 0 bridgehead atoms. The van der Waals surface area contributed by atoms with E-state index in [1.54, 1.807) is 6.20 Å². The summed E-state index contributed by atoms with van der Waals surface area (Å²) in [6, 6.07) is 5.78. The van der Waals surface area contributed by atoms with Crippen molar-refractivity contribution in [2.24, 2.45) is 5.92 Å². The fourth-order valence-corrected chi connectivity index (χ4v) is 3.31. The SMILES string of the molecule is O=C(O)CN1CCOC[C@]2(C[C@H](CNc3ccccn3)CO2)C1. The van der Waals surface area contributed by atoms with E-state index in [0.717, 1.165) is 18.8 Å². The average molecular weight is 321 g/mol. The number of pyridine rings is 1. The van der Waals surface area contributed by atoms with Crippen LogP contribution in [0, 0.1) is 5.92 Å². The van der Waals surface area contributed by atoms with Crippen molar-refractivity contribution in [2.45, 2.75) is 12.0 Å². The summed E-state index contributed by atoms with van der Waals surface area (Å²) >= 11 is 0. The topological polar surface area (TPSA) is 83.9 Å². The molecule has 0 saturated carbocycles. The summed E-state index contributed by atoms with van der Waals surface area (Å²) in [6.45, 7) is 3.80. The third-order valence-electron chi connectivity index (χ3n) is 4.31. The predicted octanol–water partition coefficient (Wildman–Crippen LogP) is 0.686. The highest BCUT2D eigenvalue weighted by atomic mass is 16.5. The van der Waals surface area contributed by atoms with Gasteiger partial charge in [-0.25, -0.2) is 4.98 Å². The second kappa shape index (κ2) is 7.25. The van der Waals surface area contributed by atoms with Crippen LogP contribution in [0.15, 0.2) is 24.4 Å². The Morgan fingerprint density at radius 1 is 1.52 bits per heavy atom. The average Bonchev–Trinajstić information content (AvgIpc) is 2.82. The summed E-state index contributed by atoms with van der Waals surface area (Å²) in [4.78, 5) is 17.1. The molecule has 126 valence electrons. The predicted molar refractivity (Wildman–Crippen MR) is 84.4 cm³/mol. The van der Waals surface area contributed by atoms with Crippen LogP contribution in [-0.2, 0) is 14.3 Å². The van der Waals surface area contributed by atoms with Crippen molar-refractivity contribution in [1.82, 2.24) is 9.88 Å². The second-order valence-corrected chi connectivity index (χ2v) is 6.32. The highest BCUT2D eigenvalue weighted by molar-refractivity contribution is 5.69. The highest BCUT2D eigenvalue weighted by Gasteiger charge is 2.43. The molecule has 0 amide bonds. The molecule has 0 aromatic carbocycles. The number of carboxylic acids is 1. The van der Waals surface area contributed by atoms with Crippen molar-refractivity contribution in [2.75, 3.05) is 51.3 Å². The number of aromatic nitrogens is 1. The van der Waals surface area contributed by atoms with Gasteiger partial charge in [-0.1, -0.05) is 6.07 Å². The standard InChI is InChI=1S/C16H23N3O4/c20-15(21)9-19-5-6-22-12-16(11-19)7-13(10-23-16)8-18-14-3-1-2-4-17-14/h1-4,13H,5-12H2,(H,17,18)(H,20,21)/t13-,16+/m1/s1. The molecule has 2 atom stereocenters. The number of carbonyl (C=O) groups is 1. The quantitative estimate of drug-likeness (QED) is 0.825. The number of hydrogen-bond acceptors (Lipinski definition) is 6. The van der Waals surface area contributed by atoms with Gasteiger partial charge in [-0.3, -0.25) is 9.69 Å². The first kappa shape index (κ1) is 16.2. The van der Waals surface area contributed by atoms with E-state index in [0.29, 0.717) is 38.8 Å². The Morgan fingerprint density at radius 3 is 3.22 bits per heavy atom. The summed E-state index contributed by atoms with van der Waals surface area (Å²) < 4.78 is 11.7. The van der Waals surface area contributed by atoms with Crippen molar-refractivity contribution < 1.29 is 19.4 Å². The van der Waals surface area contributed by atoms with Gasteiger partial charge < -0.3 is 19.9 Å². The molecule has 2 saturated heterocycles. The molecule has 1 aromatic rings. The lowest BCUT2D eigenvalue weighted by atomic mass is 9.94. The Bertz CT molecular complexity index is 527. The summed E-state index contributed by atoms with van der Waals surface area (Å²) in [7, 11) is 0. The van der Waals surface area contributed by atoms with Gasteiger partial charge in [0.05, 0.1) is 26.4 Å². The summed E-state index contributed by atoms with van der Waals surface area (Å²) in [6.07, 6.45) is 2.63. The number of ether oxygens (including phenoxy) is 2. The van der Waals surface area contributed by atoms with Crippen LogP contribution < -0.4 is 5.32 Å². The summed E-state index contributed by atoms with van der Waals surface area (Å²) in [5.74, 6) is 0.414. The molecule has 3 heterocycles. The van der Waals surface area contributed by atoms with Gasteiger partial charge in [0.1, 0.15) is 11.4 Å². The summed E-state index contributed by atoms with van der Waals surface area (Å²) in [5, 5.41) is 12.3. The van der Waals surface area contributed by atoms with Crippen LogP contribution in [0.2, 0.25) is 0 Å².